The molecule has 1 saturated carbocycles. The Morgan fingerprint density at radius 1 is 1.39 bits per heavy atom. The Kier molecular flexibility index (Phi) is 5.28. The average Bonchev–Trinajstić information content (AvgIpc) is 3.27. The van der Waals surface area contributed by atoms with Gasteiger partial charge in [0.1, 0.15) is 0 Å². The predicted octanol–water partition coefficient (Wildman–Crippen LogP) is 3.63. The lowest BCUT2D eigenvalue weighted by Crippen LogP contribution is -2.34. The summed E-state index contributed by atoms with van der Waals surface area (Å²) in [6.45, 7) is 4.11. The second-order valence-electron chi connectivity index (χ2n) is 5.79. The van der Waals surface area contributed by atoms with Crippen LogP contribution in [-0.2, 0) is 10.9 Å². The van der Waals surface area contributed by atoms with E-state index in [4.69, 9.17) is 4.74 Å². The summed E-state index contributed by atoms with van der Waals surface area (Å²) in [6, 6.07) is 4.29. The van der Waals surface area contributed by atoms with Crippen molar-refractivity contribution in [3.8, 4) is 0 Å². The summed E-state index contributed by atoms with van der Waals surface area (Å²) in [5, 5.41) is 2.45. The second-order valence-corrected chi connectivity index (χ2v) is 5.79. The highest BCUT2D eigenvalue weighted by molar-refractivity contribution is 6.04. The molecule has 1 fully saturated rings. The van der Waals surface area contributed by atoms with E-state index < -0.39 is 17.6 Å². The van der Waals surface area contributed by atoms with Gasteiger partial charge in [0.2, 0.25) is 0 Å². The molecule has 0 unspecified atom stereocenters. The lowest BCUT2D eigenvalue weighted by molar-refractivity contribution is -0.137. The highest BCUT2D eigenvalue weighted by Gasteiger charge is 2.31. The molecule has 0 radical (unpaired) electrons. The molecular weight excluding hydrogens is 309 g/mol. The fraction of sp³-hybridized carbons (Fsp3) is 0.500. The van der Waals surface area contributed by atoms with Gasteiger partial charge in [0.05, 0.1) is 11.7 Å². The number of aliphatic imine (C=N–C) groups is 1. The van der Waals surface area contributed by atoms with Crippen LogP contribution in [0, 0.1) is 5.92 Å². The Hall–Kier alpha value is -2.05. The van der Waals surface area contributed by atoms with E-state index in [1.807, 2.05) is 0 Å². The fourth-order valence-corrected chi connectivity index (χ4v) is 1.85. The lowest BCUT2D eigenvalue weighted by Gasteiger charge is -2.14. The third-order valence-electron chi connectivity index (χ3n) is 3.21. The Labute approximate surface area is 132 Å². The maximum atomic E-state index is 12.7. The van der Waals surface area contributed by atoms with E-state index in [9.17, 15) is 18.0 Å². The van der Waals surface area contributed by atoms with Crippen LogP contribution in [0.1, 0.15) is 42.6 Å². The standard InChI is InChI=1S/C16H19F3N2O2/c1-10(2)23-15(20-9-11-6-7-11)21-14(22)12-4-3-5-13(8-12)16(17,18)19/h3-5,8,10-11H,6-7,9H2,1-2H3,(H,20,21,22). The van der Waals surface area contributed by atoms with Crippen LogP contribution in [0.25, 0.3) is 0 Å². The molecule has 23 heavy (non-hydrogen) atoms. The number of nitrogens with zero attached hydrogens (tertiary/aromatic N) is 1. The van der Waals surface area contributed by atoms with Gasteiger partial charge in [-0.25, -0.2) is 4.99 Å². The van der Waals surface area contributed by atoms with Crippen molar-refractivity contribution in [2.75, 3.05) is 6.54 Å². The topological polar surface area (TPSA) is 50.7 Å². The number of alkyl halides is 3. The van der Waals surface area contributed by atoms with Gasteiger partial charge < -0.3 is 4.74 Å². The first-order valence-corrected chi connectivity index (χ1v) is 7.45. The van der Waals surface area contributed by atoms with Gasteiger partial charge in [-0.15, -0.1) is 0 Å². The van der Waals surface area contributed by atoms with Crippen molar-refractivity contribution >= 4 is 11.9 Å². The summed E-state index contributed by atoms with van der Waals surface area (Å²) in [6.07, 6.45) is -2.50. The SMILES string of the molecule is CC(C)OC(=NCC1CC1)NC(=O)c1cccc(C(F)(F)F)c1. The summed E-state index contributed by atoms with van der Waals surface area (Å²) < 4.78 is 43.5. The van der Waals surface area contributed by atoms with Gasteiger partial charge >= 0.3 is 6.18 Å². The van der Waals surface area contributed by atoms with Gasteiger partial charge in [0, 0.05) is 12.1 Å². The number of rotatable bonds is 4. The van der Waals surface area contributed by atoms with Crippen molar-refractivity contribution < 1.29 is 22.7 Å². The molecule has 0 aliphatic heterocycles. The van der Waals surface area contributed by atoms with Crippen molar-refractivity contribution in [3.05, 3.63) is 35.4 Å². The summed E-state index contributed by atoms with van der Waals surface area (Å²) >= 11 is 0. The fourth-order valence-electron chi connectivity index (χ4n) is 1.85. The minimum Gasteiger partial charge on any atom is -0.462 e. The third-order valence-corrected chi connectivity index (χ3v) is 3.21. The Morgan fingerprint density at radius 2 is 2.09 bits per heavy atom. The molecule has 126 valence electrons. The minimum absolute atomic E-state index is 0.0503. The third kappa shape index (κ3) is 5.58. The molecule has 1 N–H and O–H groups in total. The van der Waals surface area contributed by atoms with E-state index in [-0.39, 0.29) is 17.7 Å². The van der Waals surface area contributed by atoms with Gasteiger partial charge in [-0.1, -0.05) is 6.07 Å². The highest BCUT2D eigenvalue weighted by atomic mass is 19.4. The molecule has 0 bridgehead atoms. The largest absolute Gasteiger partial charge is 0.462 e. The van der Waals surface area contributed by atoms with E-state index in [0.717, 1.165) is 25.0 Å². The number of amidine groups is 1. The van der Waals surface area contributed by atoms with Gasteiger partial charge in [-0.3, -0.25) is 10.1 Å². The number of carbonyl (C=O) groups is 1. The molecule has 1 aliphatic carbocycles. The van der Waals surface area contributed by atoms with Gasteiger partial charge in [-0.05, 0) is 50.8 Å². The van der Waals surface area contributed by atoms with Crippen molar-refractivity contribution in [2.45, 2.75) is 39.0 Å². The molecule has 0 aromatic heterocycles. The van der Waals surface area contributed by atoms with Crippen LogP contribution < -0.4 is 5.32 Å². The number of ether oxygens (including phenoxy) is 1. The normalized spacial score (nSPS) is 15.7. The van der Waals surface area contributed by atoms with Gasteiger partial charge in [0.25, 0.3) is 11.9 Å². The number of hydrogen-bond acceptors (Lipinski definition) is 3. The van der Waals surface area contributed by atoms with Gasteiger partial charge in [-0.2, -0.15) is 13.2 Å². The summed E-state index contributed by atoms with van der Waals surface area (Å²) in [4.78, 5) is 16.3. The summed E-state index contributed by atoms with van der Waals surface area (Å²) in [7, 11) is 0. The zero-order chi connectivity index (χ0) is 17.0. The molecule has 1 aromatic rings. The molecule has 1 amide bonds. The van der Waals surface area contributed by atoms with E-state index in [2.05, 4.69) is 10.3 Å². The van der Waals surface area contributed by atoms with Crippen LogP contribution >= 0.6 is 0 Å². The van der Waals surface area contributed by atoms with Gasteiger partial charge in [0.15, 0.2) is 0 Å². The molecule has 0 heterocycles. The number of amides is 1. The molecule has 1 aliphatic rings. The molecule has 2 rings (SSSR count). The molecule has 7 heteroatoms. The summed E-state index contributed by atoms with van der Waals surface area (Å²) in [5.41, 5.74) is -0.960. The minimum atomic E-state index is -4.49. The van der Waals surface area contributed by atoms with Crippen LogP contribution in [0.4, 0.5) is 13.2 Å². The van der Waals surface area contributed by atoms with E-state index in [1.54, 1.807) is 13.8 Å². The Bertz CT molecular complexity index is 593. The van der Waals surface area contributed by atoms with E-state index in [0.29, 0.717) is 12.5 Å². The first-order valence-electron chi connectivity index (χ1n) is 7.45. The van der Waals surface area contributed by atoms with Crippen molar-refractivity contribution in [2.24, 2.45) is 10.9 Å². The molecule has 1 aromatic carbocycles. The first kappa shape index (κ1) is 17.3. The number of benzene rings is 1. The number of hydrogen-bond donors (Lipinski definition) is 1. The quantitative estimate of drug-likeness (QED) is 0.678. The average molecular weight is 328 g/mol. The number of nitrogens with one attached hydrogen (secondary N) is 1. The molecule has 0 spiro atoms. The second kappa shape index (κ2) is 7.02. The van der Waals surface area contributed by atoms with Crippen molar-refractivity contribution in [1.29, 1.82) is 0 Å². The summed E-state index contributed by atoms with van der Waals surface area (Å²) in [5.74, 6) is -0.169. The van der Waals surface area contributed by atoms with Crippen LogP contribution in [0.15, 0.2) is 29.3 Å². The molecule has 4 nitrogen and oxygen atoms in total. The predicted molar refractivity (Wildman–Crippen MR) is 80.2 cm³/mol. The van der Waals surface area contributed by atoms with Crippen LogP contribution in [0.2, 0.25) is 0 Å². The van der Waals surface area contributed by atoms with Crippen molar-refractivity contribution in [3.63, 3.8) is 0 Å². The number of carbonyl (C=O) groups excluding carboxylic acids is 1. The molecule has 0 saturated heterocycles. The highest BCUT2D eigenvalue weighted by Crippen LogP contribution is 2.30. The van der Waals surface area contributed by atoms with Crippen molar-refractivity contribution in [1.82, 2.24) is 5.32 Å². The number of halogens is 3. The lowest BCUT2D eigenvalue weighted by atomic mass is 10.1. The smallest absolute Gasteiger partial charge is 0.416 e. The van der Waals surface area contributed by atoms with E-state index >= 15 is 0 Å². The maximum Gasteiger partial charge on any atom is 0.416 e. The van der Waals surface area contributed by atoms with E-state index in [1.165, 1.54) is 12.1 Å². The van der Waals surface area contributed by atoms with Crippen LogP contribution in [0.5, 0.6) is 0 Å². The van der Waals surface area contributed by atoms with Crippen LogP contribution in [0.3, 0.4) is 0 Å². The monoisotopic (exact) mass is 328 g/mol. The first-order chi connectivity index (χ1) is 10.8. The van der Waals surface area contributed by atoms with Crippen LogP contribution in [-0.4, -0.2) is 24.6 Å². The molecule has 0 atom stereocenters. The zero-order valence-electron chi connectivity index (χ0n) is 13.0. The molecular formula is C16H19F3N2O2. The Balaban J connectivity index is 2.09. The maximum absolute atomic E-state index is 12.7. The Morgan fingerprint density at radius 3 is 2.65 bits per heavy atom. The zero-order valence-corrected chi connectivity index (χ0v) is 13.0.